The van der Waals surface area contributed by atoms with Crippen LogP contribution in [0.1, 0.15) is 31.2 Å². The van der Waals surface area contributed by atoms with Crippen LogP contribution in [-0.4, -0.2) is 42.9 Å². The second kappa shape index (κ2) is 8.84. The van der Waals surface area contributed by atoms with E-state index >= 15 is 0 Å². The summed E-state index contributed by atoms with van der Waals surface area (Å²) >= 11 is 0. The van der Waals surface area contributed by atoms with Crippen molar-refractivity contribution in [3.63, 3.8) is 0 Å². The number of amides is 1. The fourth-order valence-corrected chi connectivity index (χ4v) is 4.82. The van der Waals surface area contributed by atoms with Crippen LogP contribution in [0.5, 0.6) is 0 Å². The van der Waals surface area contributed by atoms with Crippen LogP contribution in [0.3, 0.4) is 0 Å². The van der Waals surface area contributed by atoms with Crippen molar-refractivity contribution in [2.75, 3.05) is 19.0 Å². The SMILES string of the molecule is C[N+]1(C)[C@@H]2CC[C@H]1CC(OC(=O)N(Cc1cccc(F)c1)c1ccccc1)C2.[Br-]. The van der Waals surface area contributed by atoms with Gasteiger partial charge in [0.1, 0.15) is 11.9 Å². The standard InChI is InChI=1S/C23H28FN2O2.BrH/c1-26(2)20-11-12-21(26)15-22(14-20)28-23(27)25(19-9-4-3-5-10-19)16-17-7-6-8-18(24)13-17;/h3-10,13,20-22H,11-12,14-16H2,1-2H3;1H/q+1;/p-1/t20-,21+,22?;. The number of carbonyl (C=O) groups is 1. The third-order valence-electron chi connectivity index (χ3n) is 6.57. The number of benzene rings is 2. The van der Waals surface area contributed by atoms with Gasteiger partial charge in [-0.15, -0.1) is 0 Å². The van der Waals surface area contributed by atoms with Gasteiger partial charge in [-0.3, -0.25) is 4.90 Å². The Balaban J connectivity index is 0.00000240. The number of piperidine rings is 1. The zero-order valence-electron chi connectivity index (χ0n) is 16.9. The molecule has 3 atom stereocenters. The van der Waals surface area contributed by atoms with Crippen LogP contribution < -0.4 is 21.9 Å². The smallest absolute Gasteiger partial charge is 0.414 e. The van der Waals surface area contributed by atoms with Crippen LogP contribution in [0.15, 0.2) is 54.6 Å². The van der Waals surface area contributed by atoms with Crippen molar-refractivity contribution in [3.8, 4) is 0 Å². The average Bonchev–Trinajstić information content (AvgIpc) is 2.84. The number of hydrogen-bond donors (Lipinski definition) is 0. The first-order valence-electron chi connectivity index (χ1n) is 10.0. The molecule has 6 heteroatoms. The molecule has 0 radical (unpaired) electrons. The van der Waals surface area contributed by atoms with Crippen molar-refractivity contribution in [1.29, 1.82) is 0 Å². The molecule has 1 unspecified atom stereocenters. The van der Waals surface area contributed by atoms with Gasteiger partial charge in [0.05, 0.1) is 32.7 Å². The van der Waals surface area contributed by atoms with Crippen LogP contribution in [-0.2, 0) is 11.3 Å². The Morgan fingerprint density at radius 3 is 2.34 bits per heavy atom. The van der Waals surface area contributed by atoms with Gasteiger partial charge in [-0.1, -0.05) is 30.3 Å². The molecule has 2 heterocycles. The molecule has 1 amide bonds. The molecule has 0 spiro atoms. The topological polar surface area (TPSA) is 29.5 Å². The van der Waals surface area contributed by atoms with Crippen LogP contribution in [0.4, 0.5) is 14.9 Å². The number of ether oxygens (including phenoxy) is 1. The fourth-order valence-electron chi connectivity index (χ4n) is 4.82. The number of fused-ring (bicyclic) bond motifs is 2. The Labute approximate surface area is 182 Å². The van der Waals surface area contributed by atoms with Crippen LogP contribution in [0.2, 0.25) is 0 Å². The zero-order chi connectivity index (χ0) is 19.7. The number of nitrogens with zero attached hydrogens (tertiary/aromatic N) is 2. The monoisotopic (exact) mass is 462 g/mol. The lowest BCUT2D eigenvalue weighted by molar-refractivity contribution is -0.931. The van der Waals surface area contributed by atoms with E-state index in [9.17, 15) is 9.18 Å². The molecule has 2 aromatic rings. The highest BCUT2D eigenvalue weighted by molar-refractivity contribution is 5.87. The normalized spacial score (nSPS) is 24.4. The van der Waals surface area contributed by atoms with Crippen molar-refractivity contribution < 1.29 is 35.4 Å². The number of carbonyl (C=O) groups excluding carboxylic acids is 1. The highest BCUT2D eigenvalue weighted by atomic mass is 79.9. The first kappa shape index (κ1) is 21.8. The Morgan fingerprint density at radius 1 is 1.07 bits per heavy atom. The predicted molar refractivity (Wildman–Crippen MR) is 107 cm³/mol. The van der Waals surface area contributed by atoms with E-state index in [1.807, 2.05) is 36.4 Å². The van der Waals surface area contributed by atoms with E-state index in [0.717, 1.165) is 28.6 Å². The van der Waals surface area contributed by atoms with E-state index in [1.54, 1.807) is 11.0 Å². The molecule has 4 rings (SSSR count). The van der Waals surface area contributed by atoms with Crippen molar-refractivity contribution in [1.82, 2.24) is 0 Å². The molecule has 0 aliphatic carbocycles. The van der Waals surface area contributed by atoms with E-state index in [-0.39, 0.29) is 41.5 Å². The van der Waals surface area contributed by atoms with E-state index < -0.39 is 0 Å². The second-order valence-corrected chi connectivity index (χ2v) is 8.54. The van der Waals surface area contributed by atoms with Crippen molar-refractivity contribution in [3.05, 3.63) is 66.0 Å². The highest BCUT2D eigenvalue weighted by Gasteiger charge is 2.50. The molecule has 2 saturated heterocycles. The summed E-state index contributed by atoms with van der Waals surface area (Å²) in [5.41, 5.74) is 1.49. The largest absolute Gasteiger partial charge is 1.00 e. The average molecular weight is 463 g/mol. The summed E-state index contributed by atoms with van der Waals surface area (Å²) < 4.78 is 20.6. The van der Waals surface area contributed by atoms with Crippen LogP contribution in [0.25, 0.3) is 0 Å². The Bertz CT molecular complexity index is 830. The van der Waals surface area contributed by atoms with Gasteiger partial charge < -0.3 is 26.2 Å². The van der Waals surface area contributed by atoms with Gasteiger partial charge in [-0.05, 0) is 29.8 Å². The van der Waals surface area contributed by atoms with E-state index in [0.29, 0.717) is 12.1 Å². The molecule has 2 fully saturated rings. The van der Waals surface area contributed by atoms with E-state index in [1.165, 1.54) is 25.0 Å². The first-order valence-corrected chi connectivity index (χ1v) is 10.0. The number of hydrogen-bond acceptors (Lipinski definition) is 2. The molecule has 2 aliphatic rings. The zero-order valence-corrected chi connectivity index (χ0v) is 18.5. The molecule has 4 nitrogen and oxygen atoms in total. The molecule has 2 aliphatic heterocycles. The number of halogens is 2. The summed E-state index contributed by atoms with van der Waals surface area (Å²) in [6.45, 7) is 0.280. The van der Waals surface area contributed by atoms with Gasteiger partial charge in [0.15, 0.2) is 0 Å². The van der Waals surface area contributed by atoms with E-state index in [2.05, 4.69) is 14.1 Å². The molecule has 0 N–H and O–H groups in total. The second-order valence-electron chi connectivity index (χ2n) is 8.54. The third kappa shape index (κ3) is 4.64. The Morgan fingerprint density at radius 2 is 1.72 bits per heavy atom. The lowest BCUT2D eigenvalue weighted by Crippen LogP contribution is -3.00. The summed E-state index contributed by atoms with van der Waals surface area (Å²) in [4.78, 5) is 14.7. The molecule has 2 bridgehead atoms. The number of anilines is 1. The quantitative estimate of drug-likeness (QED) is 0.647. The summed E-state index contributed by atoms with van der Waals surface area (Å²) in [5.74, 6) is -0.303. The maximum absolute atomic E-state index is 13.6. The van der Waals surface area contributed by atoms with Crippen molar-refractivity contribution in [2.45, 2.75) is 50.4 Å². The third-order valence-corrected chi connectivity index (χ3v) is 6.57. The van der Waals surface area contributed by atoms with Crippen LogP contribution in [0, 0.1) is 5.82 Å². The molecule has 29 heavy (non-hydrogen) atoms. The minimum atomic E-state index is -0.355. The molecule has 2 aromatic carbocycles. The predicted octanol–water partition coefficient (Wildman–Crippen LogP) is 1.74. The lowest BCUT2D eigenvalue weighted by atomic mass is 9.98. The summed E-state index contributed by atoms with van der Waals surface area (Å²) in [6, 6.07) is 16.9. The molecular formula is C23H28BrFN2O2. The molecule has 0 saturated carbocycles. The minimum absolute atomic E-state index is 0. The number of quaternary nitrogens is 1. The Kier molecular flexibility index (Phi) is 6.64. The van der Waals surface area contributed by atoms with Gasteiger partial charge in [0.2, 0.25) is 0 Å². The van der Waals surface area contributed by atoms with Gasteiger partial charge in [-0.2, -0.15) is 0 Å². The summed E-state index contributed by atoms with van der Waals surface area (Å²) in [7, 11) is 4.58. The van der Waals surface area contributed by atoms with Gasteiger partial charge >= 0.3 is 6.09 Å². The van der Waals surface area contributed by atoms with Gasteiger partial charge in [0, 0.05) is 31.4 Å². The molecule has 156 valence electrons. The number of para-hydroxylation sites is 1. The Hall–Kier alpha value is -1.92. The van der Waals surface area contributed by atoms with Crippen LogP contribution >= 0.6 is 0 Å². The van der Waals surface area contributed by atoms with Crippen molar-refractivity contribution in [2.24, 2.45) is 0 Å². The van der Waals surface area contributed by atoms with Gasteiger partial charge in [0.25, 0.3) is 0 Å². The minimum Gasteiger partial charge on any atom is -1.00 e. The summed E-state index contributed by atoms with van der Waals surface area (Å²) in [5, 5.41) is 0. The maximum atomic E-state index is 13.6. The highest BCUT2D eigenvalue weighted by Crippen LogP contribution is 2.40. The van der Waals surface area contributed by atoms with Gasteiger partial charge in [-0.25, -0.2) is 9.18 Å². The van der Waals surface area contributed by atoms with Crippen molar-refractivity contribution >= 4 is 11.8 Å². The molecular weight excluding hydrogens is 435 g/mol. The fraction of sp³-hybridized carbons (Fsp3) is 0.435. The van der Waals surface area contributed by atoms with E-state index in [4.69, 9.17) is 4.74 Å². The molecule has 0 aromatic heterocycles. The number of rotatable bonds is 4. The maximum Gasteiger partial charge on any atom is 0.414 e. The first-order chi connectivity index (χ1) is 13.4. The summed E-state index contributed by atoms with van der Waals surface area (Å²) in [6.07, 6.45) is 3.84. The lowest BCUT2D eigenvalue weighted by Gasteiger charge is -2.44.